The molecule has 1 saturated carbocycles. The fourth-order valence-corrected chi connectivity index (χ4v) is 3.49. The molecule has 1 aliphatic carbocycles. The van der Waals surface area contributed by atoms with Gasteiger partial charge in [-0.05, 0) is 57.6 Å². The third-order valence-corrected chi connectivity index (χ3v) is 4.46. The van der Waals surface area contributed by atoms with E-state index in [1.807, 2.05) is 26.8 Å². The quantitative estimate of drug-likeness (QED) is 0.812. The highest BCUT2D eigenvalue weighted by atomic mass is 79.9. The van der Waals surface area contributed by atoms with Crippen molar-refractivity contribution in [3.63, 3.8) is 0 Å². The Morgan fingerprint density at radius 3 is 2.67 bits per heavy atom. The van der Waals surface area contributed by atoms with Gasteiger partial charge in [0.05, 0.1) is 0 Å². The first-order valence-electron chi connectivity index (χ1n) is 7.59. The molecule has 1 aliphatic rings. The average molecular weight is 354 g/mol. The topological polar surface area (TPSA) is 38.3 Å². The molecule has 0 spiro atoms. The lowest BCUT2D eigenvalue weighted by Crippen LogP contribution is -2.41. The van der Waals surface area contributed by atoms with Crippen molar-refractivity contribution in [3.05, 3.63) is 34.3 Å². The predicted molar refractivity (Wildman–Crippen MR) is 88.5 cm³/mol. The first-order chi connectivity index (χ1) is 9.85. The maximum atomic E-state index is 11.9. The Hall–Kier alpha value is -1.03. The van der Waals surface area contributed by atoms with E-state index in [0.717, 1.165) is 23.7 Å². The highest BCUT2D eigenvalue weighted by Crippen LogP contribution is 2.36. The highest BCUT2D eigenvalue weighted by Gasteiger charge is 2.27. The summed E-state index contributed by atoms with van der Waals surface area (Å²) in [5.41, 5.74) is 0.897. The lowest BCUT2D eigenvalue weighted by Gasteiger charge is -2.31. The summed E-state index contributed by atoms with van der Waals surface area (Å²) in [6.45, 7) is 5.66. The number of amides is 1. The second-order valence-electron chi connectivity index (χ2n) is 6.73. The molecule has 4 heteroatoms. The van der Waals surface area contributed by atoms with Crippen LogP contribution in [0.3, 0.4) is 0 Å². The fourth-order valence-electron chi connectivity index (χ4n) is 2.88. The minimum Gasteiger partial charge on any atom is -0.444 e. The molecule has 0 unspecified atom stereocenters. The average Bonchev–Trinajstić information content (AvgIpc) is 2.37. The Morgan fingerprint density at radius 1 is 1.29 bits per heavy atom. The Bertz CT molecular complexity index is 496. The summed E-state index contributed by atoms with van der Waals surface area (Å²) in [6.07, 6.45) is 4.00. The van der Waals surface area contributed by atoms with Gasteiger partial charge in [0, 0.05) is 10.5 Å². The van der Waals surface area contributed by atoms with E-state index in [4.69, 9.17) is 4.74 Å². The second kappa shape index (κ2) is 6.82. The number of carbonyl (C=O) groups excluding carboxylic acids is 1. The Morgan fingerprint density at radius 2 is 2.00 bits per heavy atom. The summed E-state index contributed by atoms with van der Waals surface area (Å²) in [5.74, 6) is 0.495. The zero-order valence-electron chi connectivity index (χ0n) is 13.0. The summed E-state index contributed by atoms with van der Waals surface area (Å²) in [5, 5.41) is 3.02. The van der Waals surface area contributed by atoms with Crippen molar-refractivity contribution in [2.24, 2.45) is 0 Å². The smallest absolute Gasteiger partial charge is 0.407 e. The van der Waals surface area contributed by atoms with Crippen molar-refractivity contribution < 1.29 is 9.53 Å². The highest BCUT2D eigenvalue weighted by molar-refractivity contribution is 9.10. The predicted octanol–water partition coefficient (Wildman–Crippen LogP) is 5.00. The Kier molecular flexibility index (Phi) is 5.31. The van der Waals surface area contributed by atoms with Crippen LogP contribution >= 0.6 is 15.9 Å². The molecule has 1 aromatic rings. The molecular weight excluding hydrogens is 330 g/mol. The van der Waals surface area contributed by atoms with Gasteiger partial charge in [-0.1, -0.05) is 40.5 Å². The van der Waals surface area contributed by atoms with Crippen molar-refractivity contribution in [1.82, 2.24) is 5.32 Å². The van der Waals surface area contributed by atoms with E-state index >= 15 is 0 Å². The van der Waals surface area contributed by atoms with Crippen molar-refractivity contribution in [2.45, 2.75) is 64.0 Å². The molecule has 0 saturated heterocycles. The molecule has 21 heavy (non-hydrogen) atoms. The van der Waals surface area contributed by atoms with Gasteiger partial charge in [-0.25, -0.2) is 4.79 Å². The van der Waals surface area contributed by atoms with E-state index in [9.17, 15) is 4.79 Å². The maximum Gasteiger partial charge on any atom is 0.407 e. The SMILES string of the molecule is CC(C)(C)OC(=O)N[C@@H]1CCC[C@H](c2ccccc2Br)C1. The molecule has 0 aliphatic heterocycles. The number of alkyl carbamates (subject to hydrolysis) is 1. The van der Waals surface area contributed by atoms with Crippen molar-refractivity contribution in [2.75, 3.05) is 0 Å². The van der Waals surface area contributed by atoms with Gasteiger partial charge in [0.25, 0.3) is 0 Å². The lowest BCUT2D eigenvalue weighted by molar-refractivity contribution is 0.0490. The molecule has 2 rings (SSSR count). The molecule has 1 fully saturated rings. The van der Waals surface area contributed by atoms with Gasteiger partial charge >= 0.3 is 6.09 Å². The first-order valence-corrected chi connectivity index (χ1v) is 8.38. The number of nitrogens with one attached hydrogen (secondary N) is 1. The number of hydrogen-bond acceptors (Lipinski definition) is 2. The van der Waals surface area contributed by atoms with E-state index in [1.165, 1.54) is 12.0 Å². The number of ether oxygens (including phenoxy) is 1. The van der Waals surface area contributed by atoms with E-state index < -0.39 is 5.60 Å². The van der Waals surface area contributed by atoms with E-state index in [2.05, 4.69) is 39.4 Å². The summed E-state index contributed by atoms with van der Waals surface area (Å²) >= 11 is 3.63. The molecule has 1 N–H and O–H groups in total. The summed E-state index contributed by atoms with van der Waals surface area (Å²) in [6, 6.07) is 8.56. The van der Waals surface area contributed by atoms with Crippen LogP contribution in [0.15, 0.2) is 28.7 Å². The Labute approximate surface area is 135 Å². The first kappa shape index (κ1) is 16.3. The van der Waals surface area contributed by atoms with Crippen LogP contribution in [0, 0.1) is 0 Å². The summed E-state index contributed by atoms with van der Waals surface area (Å²) in [7, 11) is 0. The van der Waals surface area contributed by atoms with Crippen LogP contribution in [0.5, 0.6) is 0 Å². The van der Waals surface area contributed by atoms with Gasteiger partial charge in [-0.3, -0.25) is 0 Å². The van der Waals surface area contributed by atoms with E-state index in [-0.39, 0.29) is 12.1 Å². The van der Waals surface area contributed by atoms with Crippen LogP contribution in [0.1, 0.15) is 57.9 Å². The zero-order valence-corrected chi connectivity index (χ0v) is 14.6. The zero-order chi connectivity index (χ0) is 15.5. The van der Waals surface area contributed by atoms with Crippen LogP contribution in [0.25, 0.3) is 0 Å². The monoisotopic (exact) mass is 353 g/mol. The lowest BCUT2D eigenvalue weighted by atomic mass is 9.81. The molecule has 0 radical (unpaired) electrons. The molecule has 1 amide bonds. The van der Waals surface area contributed by atoms with E-state index in [0.29, 0.717) is 5.92 Å². The molecule has 116 valence electrons. The normalized spacial score (nSPS) is 22.7. The van der Waals surface area contributed by atoms with Gasteiger partial charge in [0.2, 0.25) is 0 Å². The largest absolute Gasteiger partial charge is 0.444 e. The molecule has 1 aromatic carbocycles. The van der Waals surface area contributed by atoms with Crippen molar-refractivity contribution in [1.29, 1.82) is 0 Å². The Balaban J connectivity index is 1.95. The molecule has 3 nitrogen and oxygen atoms in total. The number of halogens is 1. The van der Waals surface area contributed by atoms with Crippen LogP contribution in [-0.2, 0) is 4.74 Å². The van der Waals surface area contributed by atoms with Gasteiger partial charge in [-0.2, -0.15) is 0 Å². The maximum absolute atomic E-state index is 11.9. The van der Waals surface area contributed by atoms with Gasteiger partial charge in [0.1, 0.15) is 5.60 Å². The molecule has 0 aromatic heterocycles. The summed E-state index contributed by atoms with van der Waals surface area (Å²) < 4.78 is 6.51. The molecule has 2 atom stereocenters. The van der Waals surface area contributed by atoms with Crippen molar-refractivity contribution >= 4 is 22.0 Å². The fraction of sp³-hybridized carbons (Fsp3) is 0.588. The third-order valence-electron chi connectivity index (χ3n) is 3.74. The van der Waals surface area contributed by atoms with E-state index in [1.54, 1.807) is 0 Å². The number of benzene rings is 1. The number of rotatable bonds is 2. The standard InChI is InChI=1S/C17H24BrNO2/c1-17(2,3)21-16(20)19-13-8-6-7-12(11-13)14-9-4-5-10-15(14)18/h4-5,9-10,12-13H,6-8,11H2,1-3H3,(H,19,20)/t12-,13+/m0/s1. The molecule has 0 heterocycles. The number of carbonyl (C=O) groups is 1. The van der Waals surface area contributed by atoms with Gasteiger partial charge < -0.3 is 10.1 Å². The van der Waals surface area contributed by atoms with Crippen molar-refractivity contribution in [3.8, 4) is 0 Å². The minimum atomic E-state index is -0.444. The van der Waals surface area contributed by atoms with Crippen LogP contribution in [0.4, 0.5) is 4.79 Å². The van der Waals surface area contributed by atoms with Crippen LogP contribution in [-0.4, -0.2) is 17.7 Å². The minimum absolute atomic E-state index is 0.200. The van der Waals surface area contributed by atoms with Gasteiger partial charge in [-0.15, -0.1) is 0 Å². The van der Waals surface area contributed by atoms with Crippen LogP contribution < -0.4 is 5.32 Å². The van der Waals surface area contributed by atoms with Crippen LogP contribution in [0.2, 0.25) is 0 Å². The summed E-state index contributed by atoms with van der Waals surface area (Å²) in [4.78, 5) is 11.9. The number of hydrogen-bond donors (Lipinski definition) is 1. The van der Waals surface area contributed by atoms with Gasteiger partial charge in [0.15, 0.2) is 0 Å². The molecular formula is C17H24BrNO2. The third kappa shape index (κ3) is 5.03. The second-order valence-corrected chi connectivity index (χ2v) is 7.58. The molecule has 0 bridgehead atoms.